The number of pyridine rings is 2. The largest absolute Gasteiger partial charge is 0.453 e. The van der Waals surface area contributed by atoms with Gasteiger partial charge in [0, 0.05) is 26.5 Å². The molecule has 0 radical (unpaired) electrons. The number of likely N-dealkylation sites (N-methyl/N-ethyl adjacent to an activating group) is 1. The summed E-state index contributed by atoms with van der Waals surface area (Å²) in [5.41, 5.74) is 0.337. The summed E-state index contributed by atoms with van der Waals surface area (Å²) in [5.74, 6) is -0.337. The lowest BCUT2D eigenvalue weighted by Crippen LogP contribution is -2.44. The van der Waals surface area contributed by atoms with E-state index < -0.39 is 35.3 Å². The summed E-state index contributed by atoms with van der Waals surface area (Å²) in [7, 11) is 4.40. The van der Waals surface area contributed by atoms with Crippen LogP contribution in [-0.2, 0) is 32.0 Å². The van der Waals surface area contributed by atoms with E-state index in [1.165, 1.54) is 39.5 Å². The first-order chi connectivity index (χ1) is 21.6. The molecule has 1 atom stereocenters. The van der Waals surface area contributed by atoms with Crippen LogP contribution in [0.2, 0.25) is 0 Å². The maximum Gasteiger partial charge on any atom is 0.421 e. The van der Waals surface area contributed by atoms with Crippen molar-refractivity contribution in [1.29, 1.82) is 0 Å². The van der Waals surface area contributed by atoms with Gasteiger partial charge in [-0.1, -0.05) is 19.9 Å². The van der Waals surface area contributed by atoms with Gasteiger partial charge in [-0.05, 0) is 75.8 Å². The Labute approximate surface area is 267 Å². The third kappa shape index (κ3) is 9.49. The molecule has 3 heterocycles. The Morgan fingerprint density at radius 3 is 2.48 bits per heavy atom. The number of imidazole rings is 1. The number of rotatable bonds is 11. The van der Waals surface area contributed by atoms with Gasteiger partial charge in [0.1, 0.15) is 28.7 Å². The van der Waals surface area contributed by atoms with E-state index in [2.05, 4.69) is 34.2 Å². The highest BCUT2D eigenvalue weighted by Crippen LogP contribution is 2.23. The monoisotopic (exact) mass is 637 g/mol. The second kappa shape index (κ2) is 15.3. The normalized spacial score (nSPS) is 12.3. The van der Waals surface area contributed by atoms with Gasteiger partial charge in [-0.15, -0.1) is 0 Å². The molecule has 14 heteroatoms. The molecule has 46 heavy (non-hydrogen) atoms. The van der Waals surface area contributed by atoms with E-state index in [1.54, 1.807) is 53.2 Å². The van der Waals surface area contributed by atoms with Crippen molar-refractivity contribution in [1.82, 2.24) is 29.3 Å². The molecule has 0 spiro atoms. The lowest BCUT2D eigenvalue weighted by atomic mass is 10.0. The number of fused-ring (bicyclic) bond motifs is 1. The average Bonchev–Trinajstić information content (AvgIpc) is 3.34. The first-order valence-corrected chi connectivity index (χ1v) is 14.9. The van der Waals surface area contributed by atoms with Crippen molar-refractivity contribution in [2.24, 2.45) is 5.92 Å². The molecule has 3 aromatic rings. The van der Waals surface area contributed by atoms with Crippen molar-refractivity contribution in [3.8, 4) is 0 Å². The van der Waals surface area contributed by atoms with Crippen LogP contribution in [0.4, 0.5) is 15.3 Å². The van der Waals surface area contributed by atoms with Gasteiger partial charge in [-0.25, -0.2) is 24.1 Å². The quantitative estimate of drug-likeness (QED) is 0.298. The highest BCUT2D eigenvalue weighted by molar-refractivity contribution is 5.96. The van der Waals surface area contributed by atoms with E-state index in [-0.39, 0.29) is 36.8 Å². The molecular formula is C32H43N7O7. The molecule has 3 amide bonds. The predicted octanol–water partition coefficient (Wildman–Crippen LogP) is 3.71. The topological polar surface area (TPSA) is 167 Å². The van der Waals surface area contributed by atoms with E-state index in [4.69, 9.17) is 9.72 Å². The summed E-state index contributed by atoms with van der Waals surface area (Å²) in [6.45, 7) is 9.27. The van der Waals surface area contributed by atoms with Crippen molar-refractivity contribution in [3.05, 3.63) is 64.5 Å². The van der Waals surface area contributed by atoms with Crippen LogP contribution in [0.1, 0.15) is 58.8 Å². The number of hydrogen-bond donors (Lipinski definition) is 2. The predicted molar refractivity (Wildman–Crippen MR) is 173 cm³/mol. The zero-order valence-electron chi connectivity index (χ0n) is 27.6. The minimum atomic E-state index is -1.07. The standard InChI is InChI=1S/C32H43N7O7/c1-20(2)18-21-15-16-33-27-26(21)36-24(39(27)31(44)46-32(3,4)5)19-38-17-11-13-23(29(38)42)34-28(41)22(35-30(43)45-8)12-9-10-14-25(40)37(6)7/h10-11,13-17,20,22H,9,12,18-19H2,1-8H3,(H,34,41)(H,35,43)/b14-10+/t22-/m0/s1. The summed E-state index contributed by atoms with van der Waals surface area (Å²) >= 11 is 0. The average molecular weight is 638 g/mol. The maximum absolute atomic E-state index is 13.6. The van der Waals surface area contributed by atoms with E-state index >= 15 is 0 Å². The number of carbonyl (C=O) groups is 4. The number of hydrogen-bond acceptors (Lipinski definition) is 9. The van der Waals surface area contributed by atoms with Gasteiger partial charge in [-0.2, -0.15) is 0 Å². The number of nitrogens with zero attached hydrogens (tertiary/aromatic N) is 5. The van der Waals surface area contributed by atoms with Crippen LogP contribution in [-0.4, -0.2) is 80.9 Å². The van der Waals surface area contributed by atoms with E-state index in [9.17, 15) is 24.0 Å². The lowest BCUT2D eigenvalue weighted by molar-refractivity contribution is -0.123. The number of aromatic nitrogens is 4. The number of carbonyl (C=O) groups excluding carboxylic acids is 4. The second-order valence-electron chi connectivity index (χ2n) is 12.3. The summed E-state index contributed by atoms with van der Waals surface area (Å²) in [5, 5.41) is 5.05. The highest BCUT2D eigenvalue weighted by Gasteiger charge is 2.26. The fraction of sp³-hybridized carbons (Fsp3) is 0.469. The Balaban J connectivity index is 1.94. The smallest absolute Gasteiger partial charge is 0.421 e. The molecule has 0 aromatic carbocycles. The van der Waals surface area contributed by atoms with Crippen LogP contribution in [0, 0.1) is 5.92 Å². The minimum absolute atomic E-state index is 0.0546. The number of methoxy groups -OCH3 is 1. The molecule has 3 rings (SSSR count). The zero-order valence-corrected chi connectivity index (χ0v) is 27.6. The van der Waals surface area contributed by atoms with Gasteiger partial charge in [-0.3, -0.25) is 14.4 Å². The molecule has 14 nitrogen and oxygen atoms in total. The van der Waals surface area contributed by atoms with Crippen molar-refractivity contribution in [3.63, 3.8) is 0 Å². The SMILES string of the molecule is COC(=O)N[C@@H](CC/C=C/C(=O)N(C)C)C(=O)Nc1cccn(Cc2nc3c(CC(C)C)ccnc3n2C(=O)OC(C)(C)C)c1=O. The number of nitrogens with one attached hydrogen (secondary N) is 2. The number of alkyl carbamates (subject to hydrolysis) is 1. The summed E-state index contributed by atoms with van der Waals surface area (Å²) < 4.78 is 12.9. The van der Waals surface area contributed by atoms with Crippen LogP contribution in [0.3, 0.4) is 0 Å². The molecule has 0 unspecified atom stereocenters. The van der Waals surface area contributed by atoms with Crippen molar-refractivity contribution in [2.45, 2.75) is 72.1 Å². The Morgan fingerprint density at radius 1 is 1.13 bits per heavy atom. The second-order valence-corrected chi connectivity index (χ2v) is 12.3. The highest BCUT2D eigenvalue weighted by atomic mass is 16.6. The molecule has 2 N–H and O–H groups in total. The van der Waals surface area contributed by atoms with Crippen molar-refractivity contribution >= 4 is 40.9 Å². The minimum Gasteiger partial charge on any atom is -0.453 e. The van der Waals surface area contributed by atoms with E-state index in [0.717, 1.165) is 5.56 Å². The number of allylic oxidation sites excluding steroid dienone is 1. The first-order valence-electron chi connectivity index (χ1n) is 14.9. The Kier molecular flexibility index (Phi) is 11.8. The van der Waals surface area contributed by atoms with Gasteiger partial charge in [0.05, 0.1) is 13.7 Å². The fourth-order valence-electron chi connectivity index (χ4n) is 4.47. The van der Waals surface area contributed by atoms with Gasteiger partial charge in [0.2, 0.25) is 11.8 Å². The van der Waals surface area contributed by atoms with Crippen molar-refractivity contribution < 1.29 is 28.7 Å². The van der Waals surface area contributed by atoms with Crippen LogP contribution >= 0.6 is 0 Å². The maximum atomic E-state index is 13.6. The van der Waals surface area contributed by atoms with Gasteiger partial charge < -0.3 is 29.6 Å². The molecule has 0 bridgehead atoms. The van der Waals surface area contributed by atoms with E-state index in [1.807, 2.05) is 6.07 Å². The van der Waals surface area contributed by atoms with Crippen LogP contribution in [0.15, 0.2) is 47.5 Å². The van der Waals surface area contributed by atoms with Crippen LogP contribution in [0.5, 0.6) is 0 Å². The van der Waals surface area contributed by atoms with Gasteiger partial charge >= 0.3 is 12.2 Å². The fourth-order valence-corrected chi connectivity index (χ4v) is 4.47. The third-order valence-electron chi connectivity index (χ3n) is 6.61. The molecule has 0 aliphatic rings. The third-order valence-corrected chi connectivity index (χ3v) is 6.61. The molecule has 0 saturated heterocycles. The zero-order chi connectivity index (χ0) is 34.2. The van der Waals surface area contributed by atoms with Gasteiger partial charge in [0.15, 0.2) is 5.65 Å². The molecule has 0 fully saturated rings. The van der Waals surface area contributed by atoms with Crippen LogP contribution < -0.4 is 16.2 Å². The number of ether oxygens (including phenoxy) is 2. The summed E-state index contributed by atoms with van der Waals surface area (Å²) in [4.78, 5) is 74.5. The van der Waals surface area contributed by atoms with Gasteiger partial charge in [0.25, 0.3) is 5.56 Å². The Morgan fingerprint density at radius 2 is 1.85 bits per heavy atom. The molecule has 248 valence electrons. The summed E-state index contributed by atoms with van der Waals surface area (Å²) in [6.07, 6.45) is 5.69. The van der Waals surface area contributed by atoms with Crippen LogP contribution in [0.25, 0.3) is 11.2 Å². The molecule has 0 saturated carbocycles. The van der Waals surface area contributed by atoms with Crippen molar-refractivity contribution in [2.75, 3.05) is 26.5 Å². The first kappa shape index (κ1) is 35.5. The Bertz CT molecular complexity index is 1670. The molecule has 3 aromatic heterocycles. The number of anilines is 1. The van der Waals surface area contributed by atoms with E-state index in [0.29, 0.717) is 23.5 Å². The molecular weight excluding hydrogens is 594 g/mol. The molecule has 0 aliphatic heterocycles. The Hall–Kier alpha value is -5.01. The lowest BCUT2D eigenvalue weighted by Gasteiger charge is -2.20. The molecule has 0 aliphatic carbocycles. The summed E-state index contributed by atoms with van der Waals surface area (Å²) in [6, 6.07) is 3.79. The number of amides is 3.